The van der Waals surface area contributed by atoms with Gasteiger partial charge in [0.1, 0.15) is 11.5 Å². The number of nitrogens with two attached hydrogens (primary N) is 1. The molecule has 0 amide bonds. The number of hydrogen-bond acceptors (Lipinski definition) is 7. The number of hydrogen-bond donors (Lipinski definition) is 2. The van der Waals surface area contributed by atoms with Crippen molar-refractivity contribution in [3.8, 4) is 11.5 Å². The van der Waals surface area contributed by atoms with Crippen LogP contribution in [-0.4, -0.2) is 48.7 Å². The number of ether oxygens (including phenoxy) is 2. The molecular formula is C19H25N5O3. The molecule has 3 rings (SSSR count). The summed E-state index contributed by atoms with van der Waals surface area (Å²) in [4.78, 5) is 18.1. The Morgan fingerprint density at radius 3 is 2.63 bits per heavy atom. The van der Waals surface area contributed by atoms with Crippen LogP contribution in [0.25, 0.3) is 0 Å². The van der Waals surface area contributed by atoms with Gasteiger partial charge in [-0.15, -0.1) is 0 Å². The van der Waals surface area contributed by atoms with Gasteiger partial charge in [0.15, 0.2) is 11.7 Å². The van der Waals surface area contributed by atoms with Crippen LogP contribution in [0.15, 0.2) is 29.4 Å². The Morgan fingerprint density at radius 1 is 1.30 bits per heavy atom. The number of carbonyl (C=O) groups excluding carboxylic acids is 1. The number of carbonyl (C=O) groups is 1. The number of aliphatic imine (C=N–C) groups is 1. The molecule has 8 heteroatoms. The van der Waals surface area contributed by atoms with E-state index in [9.17, 15) is 4.79 Å². The van der Waals surface area contributed by atoms with Crippen molar-refractivity contribution in [3.63, 3.8) is 0 Å². The zero-order chi connectivity index (χ0) is 19.4. The van der Waals surface area contributed by atoms with Gasteiger partial charge >= 0.3 is 0 Å². The quantitative estimate of drug-likeness (QED) is 0.459. The molecule has 1 aliphatic carbocycles. The van der Waals surface area contributed by atoms with Crippen molar-refractivity contribution in [1.82, 2.24) is 9.78 Å². The Hall–Kier alpha value is -3.03. The Balaban J connectivity index is 2.07. The van der Waals surface area contributed by atoms with Crippen molar-refractivity contribution < 1.29 is 14.3 Å². The number of nitrogens with one attached hydrogen (secondary N) is 1. The molecule has 0 unspecified atom stereocenters. The summed E-state index contributed by atoms with van der Waals surface area (Å²) in [6.45, 7) is 0. The van der Waals surface area contributed by atoms with Crippen LogP contribution in [0, 0.1) is 0 Å². The minimum Gasteiger partial charge on any atom is -0.497 e. The van der Waals surface area contributed by atoms with Crippen LogP contribution in [0.4, 0.5) is 11.5 Å². The maximum absolute atomic E-state index is 13.4. The number of nitrogens with zero attached hydrogens (tertiary/aromatic N) is 3. The fraction of sp³-hybridized carbons (Fsp3) is 0.421. The second-order valence-electron chi connectivity index (χ2n) is 6.39. The van der Waals surface area contributed by atoms with E-state index in [1.54, 1.807) is 38.6 Å². The molecule has 0 radical (unpaired) electrons. The van der Waals surface area contributed by atoms with Crippen LogP contribution >= 0.6 is 0 Å². The summed E-state index contributed by atoms with van der Waals surface area (Å²) in [7, 11) is 4.83. The van der Waals surface area contributed by atoms with Gasteiger partial charge in [0.05, 0.1) is 37.7 Å². The highest BCUT2D eigenvalue weighted by molar-refractivity contribution is 6.46. The van der Waals surface area contributed by atoms with Crippen molar-refractivity contribution in [2.75, 3.05) is 32.3 Å². The molecule has 3 N–H and O–H groups in total. The number of anilines is 2. The number of ketones is 1. The molecule has 1 heterocycles. The number of Topliss-reactive ketones (excluding diaryl/α,β-unsaturated/α-hetero) is 1. The predicted octanol–water partition coefficient (Wildman–Crippen LogP) is 2.60. The van der Waals surface area contributed by atoms with Crippen LogP contribution in [0.5, 0.6) is 11.5 Å². The van der Waals surface area contributed by atoms with Crippen molar-refractivity contribution in [2.24, 2.45) is 4.99 Å². The summed E-state index contributed by atoms with van der Waals surface area (Å²) < 4.78 is 12.0. The molecular weight excluding hydrogens is 346 g/mol. The predicted molar refractivity (Wildman–Crippen MR) is 105 cm³/mol. The third-order valence-corrected chi connectivity index (χ3v) is 4.76. The number of benzene rings is 1. The van der Waals surface area contributed by atoms with Gasteiger partial charge < -0.3 is 20.5 Å². The van der Waals surface area contributed by atoms with Crippen LogP contribution in [0.3, 0.4) is 0 Å². The van der Waals surface area contributed by atoms with E-state index < -0.39 is 0 Å². The third-order valence-electron chi connectivity index (χ3n) is 4.76. The molecule has 1 fully saturated rings. The first-order valence-corrected chi connectivity index (χ1v) is 8.95. The molecule has 2 aromatic rings. The maximum Gasteiger partial charge on any atom is 0.233 e. The van der Waals surface area contributed by atoms with E-state index in [1.807, 2.05) is 0 Å². The summed E-state index contributed by atoms with van der Waals surface area (Å²) in [5.74, 6) is 1.27. The highest BCUT2D eigenvalue weighted by Crippen LogP contribution is 2.28. The van der Waals surface area contributed by atoms with Crippen molar-refractivity contribution in [1.29, 1.82) is 0 Å². The fourth-order valence-electron chi connectivity index (χ4n) is 3.24. The lowest BCUT2D eigenvalue weighted by Crippen LogP contribution is -2.28. The standard InChI is InChI=1S/C19H25N5O3/c1-21-15-11-22-24(18(15)20)19(23-12-6-4-5-7-12)17(25)14-9-8-13(26-2)10-16(14)27-3/h8-12,21H,4-7,20H2,1-3H3. The summed E-state index contributed by atoms with van der Waals surface area (Å²) >= 11 is 0. The van der Waals surface area contributed by atoms with E-state index >= 15 is 0 Å². The number of rotatable bonds is 6. The summed E-state index contributed by atoms with van der Waals surface area (Å²) in [6, 6.07) is 5.15. The lowest BCUT2D eigenvalue weighted by Gasteiger charge is -2.14. The average molecular weight is 371 g/mol. The summed E-state index contributed by atoms with van der Waals surface area (Å²) in [5, 5.41) is 7.24. The first-order valence-electron chi connectivity index (χ1n) is 8.95. The van der Waals surface area contributed by atoms with Gasteiger partial charge in [-0.1, -0.05) is 12.8 Å². The second-order valence-corrected chi connectivity index (χ2v) is 6.39. The molecule has 0 spiro atoms. The van der Waals surface area contributed by atoms with Gasteiger partial charge in [-0.25, -0.2) is 0 Å². The van der Waals surface area contributed by atoms with Crippen molar-refractivity contribution >= 4 is 23.1 Å². The molecule has 0 bridgehead atoms. The SMILES string of the molecule is CNc1cnn(C(=NC2CCCC2)C(=O)c2ccc(OC)cc2OC)c1N. The van der Waals surface area contributed by atoms with E-state index in [0.717, 1.165) is 25.7 Å². The van der Waals surface area contributed by atoms with Gasteiger partial charge in [0.2, 0.25) is 5.78 Å². The molecule has 27 heavy (non-hydrogen) atoms. The highest BCUT2D eigenvalue weighted by Gasteiger charge is 2.26. The minimum absolute atomic E-state index is 0.0924. The van der Waals surface area contributed by atoms with Crippen molar-refractivity contribution in [3.05, 3.63) is 30.0 Å². The van der Waals surface area contributed by atoms with Gasteiger partial charge in [-0.3, -0.25) is 9.79 Å². The smallest absolute Gasteiger partial charge is 0.233 e. The van der Waals surface area contributed by atoms with Gasteiger partial charge in [0.25, 0.3) is 0 Å². The van der Waals surface area contributed by atoms with Crippen LogP contribution in [0.1, 0.15) is 36.0 Å². The lowest BCUT2D eigenvalue weighted by molar-refractivity contribution is 0.105. The van der Waals surface area contributed by atoms with E-state index in [-0.39, 0.29) is 17.7 Å². The Bertz CT molecular complexity index is 853. The van der Waals surface area contributed by atoms with Crippen LogP contribution in [-0.2, 0) is 0 Å². The molecule has 1 aliphatic rings. The average Bonchev–Trinajstić information content (AvgIpc) is 3.34. The number of methoxy groups -OCH3 is 2. The van der Waals surface area contributed by atoms with E-state index in [2.05, 4.69) is 10.4 Å². The van der Waals surface area contributed by atoms with Crippen molar-refractivity contribution in [2.45, 2.75) is 31.7 Å². The molecule has 0 aliphatic heterocycles. The van der Waals surface area contributed by atoms with Gasteiger partial charge in [-0.05, 0) is 25.0 Å². The molecule has 0 saturated heterocycles. The molecule has 8 nitrogen and oxygen atoms in total. The maximum atomic E-state index is 13.4. The normalized spacial score (nSPS) is 15.0. The van der Waals surface area contributed by atoms with E-state index in [4.69, 9.17) is 20.2 Å². The number of nitrogen functional groups attached to an aromatic ring is 1. The van der Waals surface area contributed by atoms with E-state index in [0.29, 0.717) is 28.6 Å². The Labute approximate surface area is 158 Å². The highest BCUT2D eigenvalue weighted by atomic mass is 16.5. The van der Waals surface area contributed by atoms with Crippen LogP contribution < -0.4 is 20.5 Å². The van der Waals surface area contributed by atoms with Gasteiger partial charge in [-0.2, -0.15) is 9.78 Å². The first kappa shape index (κ1) is 18.8. The Kier molecular flexibility index (Phi) is 5.63. The van der Waals surface area contributed by atoms with Crippen LogP contribution in [0.2, 0.25) is 0 Å². The largest absolute Gasteiger partial charge is 0.497 e. The molecule has 1 aromatic heterocycles. The summed E-state index contributed by atoms with van der Waals surface area (Å²) in [6.07, 6.45) is 5.71. The first-order chi connectivity index (χ1) is 13.1. The zero-order valence-electron chi connectivity index (χ0n) is 15.9. The second kappa shape index (κ2) is 8.11. The molecule has 0 atom stereocenters. The number of aromatic nitrogens is 2. The summed E-state index contributed by atoms with van der Waals surface area (Å²) in [5.41, 5.74) is 7.20. The van der Waals surface area contributed by atoms with Gasteiger partial charge in [0, 0.05) is 13.1 Å². The fourth-order valence-corrected chi connectivity index (χ4v) is 3.24. The minimum atomic E-state index is -0.293. The third kappa shape index (κ3) is 3.74. The molecule has 1 saturated carbocycles. The Morgan fingerprint density at radius 2 is 2.04 bits per heavy atom. The van der Waals surface area contributed by atoms with E-state index in [1.165, 1.54) is 11.8 Å². The zero-order valence-corrected chi connectivity index (χ0v) is 15.9. The monoisotopic (exact) mass is 371 g/mol. The lowest BCUT2D eigenvalue weighted by atomic mass is 10.1. The molecule has 144 valence electrons. The topological polar surface area (TPSA) is 104 Å². The molecule has 1 aromatic carbocycles.